The molecule has 0 aliphatic carbocycles. The molecule has 2 N–H and O–H groups in total. The van der Waals surface area contributed by atoms with Crippen LogP contribution in [0.5, 0.6) is 5.75 Å². The molecule has 0 radical (unpaired) electrons. The summed E-state index contributed by atoms with van der Waals surface area (Å²) in [5.41, 5.74) is 5.50. The van der Waals surface area contributed by atoms with Gasteiger partial charge in [-0.25, -0.2) is 0 Å². The summed E-state index contributed by atoms with van der Waals surface area (Å²) in [6.45, 7) is 7.15. The van der Waals surface area contributed by atoms with Crippen LogP contribution in [0.15, 0.2) is 36.4 Å². The lowest BCUT2D eigenvalue weighted by Crippen LogP contribution is -2.30. The summed E-state index contributed by atoms with van der Waals surface area (Å²) in [4.78, 5) is 12.1. The molecule has 0 saturated heterocycles. The van der Waals surface area contributed by atoms with Crippen LogP contribution in [0.4, 0.5) is 5.69 Å². The maximum Gasteiger partial charge on any atom is 0.238 e. The molecule has 128 valence electrons. The molecular weight excluding hydrogens is 300 g/mol. The largest absolute Gasteiger partial charge is 0.497 e. The number of carbonyl (C=O) groups is 1. The van der Waals surface area contributed by atoms with Gasteiger partial charge in [-0.05, 0) is 62.6 Å². The molecule has 2 aromatic rings. The standard InChI is InChI=1S/C20H26N2O2/c1-14-10-15(2)20(16(3)11-14)22-19(23)13-21-9-8-17-6-5-7-18(12-17)24-4/h5-7,10-12,21H,8-9,13H2,1-4H3,(H,22,23). The molecule has 24 heavy (non-hydrogen) atoms. The van der Waals surface area contributed by atoms with Gasteiger partial charge in [0, 0.05) is 5.69 Å². The number of aryl methyl sites for hydroxylation is 3. The van der Waals surface area contributed by atoms with Gasteiger partial charge in [0.05, 0.1) is 13.7 Å². The Bertz CT molecular complexity index is 688. The predicted molar refractivity (Wildman–Crippen MR) is 98.9 cm³/mol. The number of methoxy groups -OCH3 is 1. The third kappa shape index (κ3) is 5.10. The zero-order valence-corrected chi connectivity index (χ0v) is 14.9. The highest BCUT2D eigenvalue weighted by atomic mass is 16.5. The highest BCUT2D eigenvalue weighted by molar-refractivity contribution is 5.93. The van der Waals surface area contributed by atoms with E-state index in [0.717, 1.165) is 35.5 Å². The summed E-state index contributed by atoms with van der Waals surface area (Å²) in [5, 5.41) is 6.19. The van der Waals surface area contributed by atoms with Gasteiger partial charge in [0.2, 0.25) is 5.91 Å². The Kier molecular flexibility index (Phi) is 6.38. The Labute approximate surface area is 144 Å². The first kappa shape index (κ1) is 18.0. The summed E-state index contributed by atoms with van der Waals surface area (Å²) < 4.78 is 5.21. The van der Waals surface area contributed by atoms with Crippen LogP contribution in [0, 0.1) is 20.8 Å². The number of rotatable bonds is 7. The average molecular weight is 326 g/mol. The fraction of sp³-hybridized carbons (Fsp3) is 0.350. The second-order valence-corrected chi connectivity index (χ2v) is 6.10. The van der Waals surface area contributed by atoms with Gasteiger partial charge in [0.25, 0.3) is 0 Å². The molecule has 0 unspecified atom stereocenters. The van der Waals surface area contributed by atoms with E-state index in [2.05, 4.69) is 35.8 Å². The molecule has 1 amide bonds. The van der Waals surface area contributed by atoms with E-state index in [1.165, 1.54) is 11.1 Å². The van der Waals surface area contributed by atoms with E-state index >= 15 is 0 Å². The zero-order valence-electron chi connectivity index (χ0n) is 14.9. The van der Waals surface area contributed by atoms with Crippen molar-refractivity contribution in [2.75, 3.05) is 25.5 Å². The minimum absolute atomic E-state index is 0.0179. The number of anilines is 1. The molecule has 0 aliphatic heterocycles. The SMILES string of the molecule is COc1cccc(CCNCC(=O)Nc2c(C)cc(C)cc2C)c1. The van der Waals surface area contributed by atoms with Gasteiger partial charge in [-0.1, -0.05) is 29.8 Å². The first-order valence-electron chi connectivity index (χ1n) is 8.21. The fourth-order valence-corrected chi connectivity index (χ4v) is 2.82. The highest BCUT2D eigenvalue weighted by Crippen LogP contribution is 2.21. The van der Waals surface area contributed by atoms with E-state index in [1.807, 2.05) is 32.0 Å². The Hall–Kier alpha value is -2.33. The van der Waals surface area contributed by atoms with Crippen LogP contribution in [-0.4, -0.2) is 26.1 Å². The van der Waals surface area contributed by atoms with Gasteiger partial charge in [-0.3, -0.25) is 4.79 Å². The van der Waals surface area contributed by atoms with E-state index in [9.17, 15) is 4.79 Å². The molecule has 0 heterocycles. The van der Waals surface area contributed by atoms with Gasteiger partial charge in [0.1, 0.15) is 5.75 Å². The van der Waals surface area contributed by atoms with Crippen molar-refractivity contribution in [3.8, 4) is 5.75 Å². The van der Waals surface area contributed by atoms with Gasteiger partial charge in [-0.2, -0.15) is 0 Å². The Morgan fingerprint density at radius 2 is 1.79 bits per heavy atom. The van der Waals surface area contributed by atoms with Crippen LogP contribution in [0.1, 0.15) is 22.3 Å². The Morgan fingerprint density at radius 1 is 1.08 bits per heavy atom. The second kappa shape index (κ2) is 8.50. The molecular formula is C20H26N2O2. The topological polar surface area (TPSA) is 50.4 Å². The van der Waals surface area contributed by atoms with Crippen LogP contribution in [-0.2, 0) is 11.2 Å². The quantitative estimate of drug-likeness (QED) is 0.767. The van der Waals surface area contributed by atoms with Crippen molar-refractivity contribution in [3.05, 3.63) is 58.7 Å². The van der Waals surface area contributed by atoms with Crippen LogP contribution < -0.4 is 15.4 Å². The number of hydrogen-bond acceptors (Lipinski definition) is 3. The first-order valence-corrected chi connectivity index (χ1v) is 8.21. The van der Waals surface area contributed by atoms with Crippen molar-refractivity contribution in [2.45, 2.75) is 27.2 Å². The second-order valence-electron chi connectivity index (χ2n) is 6.10. The smallest absolute Gasteiger partial charge is 0.238 e. The third-order valence-corrected chi connectivity index (χ3v) is 3.95. The third-order valence-electron chi connectivity index (χ3n) is 3.95. The Balaban J connectivity index is 1.79. The molecule has 0 saturated carbocycles. The fourth-order valence-electron chi connectivity index (χ4n) is 2.82. The highest BCUT2D eigenvalue weighted by Gasteiger charge is 2.08. The van der Waals surface area contributed by atoms with E-state index in [4.69, 9.17) is 4.74 Å². The Morgan fingerprint density at radius 3 is 2.46 bits per heavy atom. The van der Waals surface area contributed by atoms with Crippen molar-refractivity contribution >= 4 is 11.6 Å². The summed E-state index contributed by atoms with van der Waals surface area (Å²) in [7, 11) is 1.66. The molecule has 0 spiro atoms. The molecule has 0 atom stereocenters. The molecule has 0 aliphatic rings. The number of benzene rings is 2. The number of ether oxygens (including phenoxy) is 1. The lowest BCUT2D eigenvalue weighted by molar-refractivity contribution is -0.115. The van der Waals surface area contributed by atoms with E-state index in [0.29, 0.717) is 6.54 Å². The number of hydrogen-bond donors (Lipinski definition) is 2. The van der Waals surface area contributed by atoms with Crippen LogP contribution in [0.25, 0.3) is 0 Å². The molecule has 0 fully saturated rings. The normalized spacial score (nSPS) is 10.5. The van der Waals surface area contributed by atoms with Crippen molar-refractivity contribution in [1.29, 1.82) is 0 Å². The number of carbonyl (C=O) groups excluding carboxylic acids is 1. The maximum absolute atomic E-state index is 12.1. The minimum atomic E-state index is -0.0179. The van der Waals surface area contributed by atoms with Crippen molar-refractivity contribution in [2.24, 2.45) is 0 Å². The maximum atomic E-state index is 12.1. The average Bonchev–Trinajstić information content (AvgIpc) is 2.55. The molecule has 0 aromatic heterocycles. The summed E-state index contributed by atoms with van der Waals surface area (Å²) >= 11 is 0. The van der Waals surface area contributed by atoms with Crippen molar-refractivity contribution in [1.82, 2.24) is 5.32 Å². The van der Waals surface area contributed by atoms with Crippen molar-refractivity contribution < 1.29 is 9.53 Å². The lowest BCUT2D eigenvalue weighted by Gasteiger charge is -2.13. The molecule has 2 aromatic carbocycles. The van der Waals surface area contributed by atoms with Gasteiger partial charge in [-0.15, -0.1) is 0 Å². The zero-order chi connectivity index (χ0) is 17.5. The van der Waals surface area contributed by atoms with E-state index in [-0.39, 0.29) is 5.91 Å². The van der Waals surface area contributed by atoms with Gasteiger partial charge < -0.3 is 15.4 Å². The van der Waals surface area contributed by atoms with Crippen LogP contribution in [0.3, 0.4) is 0 Å². The molecule has 2 rings (SSSR count). The monoisotopic (exact) mass is 326 g/mol. The van der Waals surface area contributed by atoms with E-state index in [1.54, 1.807) is 7.11 Å². The summed E-state index contributed by atoms with van der Waals surface area (Å²) in [6.07, 6.45) is 0.854. The summed E-state index contributed by atoms with van der Waals surface area (Å²) in [6, 6.07) is 12.1. The number of nitrogens with one attached hydrogen (secondary N) is 2. The summed E-state index contributed by atoms with van der Waals surface area (Å²) in [5.74, 6) is 0.839. The van der Waals surface area contributed by atoms with Crippen LogP contribution >= 0.6 is 0 Å². The minimum Gasteiger partial charge on any atom is -0.497 e. The van der Waals surface area contributed by atoms with E-state index < -0.39 is 0 Å². The molecule has 4 nitrogen and oxygen atoms in total. The molecule has 4 heteroatoms. The van der Waals surface area contributed by atoms with Crippen LogP contribution in [0.2, 0.25) is 0 Å². The number of amides is 1. The van der Waals surface area contributed by atoms with Crippen molar-refractivity contribution in [3.63, 3.8) is 0 Å². The van der Waals surface area contributed by atoms with Gasteiger partial charge in [0.15, 0.2) is 0 Å². The predicted octanol–water partition coefficient (Wildman–Crippen LogP) is 3.39. The first-order chi connectivity index (χ1) is 11.5. The molecule has 0 bridgehead atoms. The van der Waals surface area contributed by atoms with Gasteiger partial charge >= 0.3 is 0 Å². The lowest BCUT2D eigenvalue weighted by atomic mass is 10.1.